The number of fused-ring (bicyclic) bond motifs is 1. The molecule has 0 radical (unpaired) electrons. The van der Waals surface area contributed by atoms with Crippen LogP contribution in [0.25, 0.3) is 10.9 Å². The van der Waals surface area contributed by atoms with Crippen molar-refractivity contribution < 1.29 is 4.79 Å². The van der Waals surface area contributed by atoms with Gasteiger partial charge in [-0.2, -0.15) is 5.26 Å². The Balaban J connectivity index is 2.42. The summed E-state index contributed by atoms with van der Waals surface area (Å²) in [6.07, 6.45) is 0. The Kier molecular flexibility index (Phi) is 4.11. The minimum absolute atomic E-state index is 0.128. The van der Waals surface area contributed by atoms with Gasteiger partial charge in [-0.15, -0.1) is 10.2 Å². The van der Waals surface area contributed by atoms with E-state index in [1.54, 1.807) is 6.92 Å². The number of benzene rings is 1. The third-order valence-corrected chi connectivity index (χ3v) is 2.88. The number of hydrogen-bond donors (Lipinski definition) is 2. The Morgan fingerprint density at radius 2 is 2.15 bits per heavy atom. The number of aromatic nitrogens is 2. The highest BCUT2D eigenvalue weighted by Crippen LogP contribution is 2.24. The molecule has 0 saturated heterocycles. The summed E-state index contributed by atoms with van der Waals surface area (Å²) >= 11 is 0. The summed E-state index contributed by atoms with van der Waals surface area (Å²) < 4.78 is 0. The number of hydrogen-bond acceptors (Lipinski definition) is 5. The van der Waals surface area contributed by atoms with Crippen molar-refractivity contribution >= 4 is 22.5 Å². The molecule has 20 heavy (non-hydrogen) atoms. The Hall–Kier alpha value is -2.68. The van der Waals surface area contributed by atoms with Gasteiger partial charge in [0.1, 0.15) is 12.1 Å². The van der Waals surface area contributed by atoms with Gasteiger partial charge >= 0.3 is 0 Å². The first kappa shape index (κ1) is 13.7. The molecule has 0 spiro atoms. The van der Waals surface area contributed by atoms with E-state index in [-0.39, 0.29) is 11.6 Å². The normalized spacial score (nSPS) is 11.7. The Labute approximate surface area is 116 Å². The number of carbonyl (C=O) groups is 1. The molecule has 1 aromatic carbocycles. The maximum absolute atomic E-state index is 11.8. The zero-order valence-electron chi connectivity index (χ0n) is 11.3. The molecule has 1 unspecified atom stereocenters. The zero-order chi connectivity index (χ0) is 14.5. The number of rotatable bonds is 4. The highest BCUT2D eigenvalue weighted by molar-refractivity contribution is 5.95. The quantitative estimate of drug-likeness (QED) is 0.876. The molecular formula is C14H15N5O. The van der Waals surface area contributed by atoms with Crippen LogP contribution in [0.3, 0.4) is 0 Å². The Morgan fingerprint density at radius 1 is 1.40 bits per heavy atom. The van der Waals surface area contributed by atoms with Crippen LogP contribution >= 0.6 is 0 Å². The van der Waals surface area contributed by atoms with Crippen molar-refractivity contribution in [3.63, 3.8) is 0 Å². The molecule has 6 heteroatoms. The van der Waals surface area contributed by atoms with Crippen molar-refractivity contribution in [1.29, 1.82) is 5.26 Å². The fourth-order valence-corrected chi connectivity index (χ4v) is 1.89. The van der Waals surface area contributed by atoms with Gasteiger partial charge in [-0.25, -0.2) is 0 Å². The average molecular weight is 269 g/mol. The molecule has 1 amide bonds. The molecule has 6 nitrogen and oxygen atoms in total. The van der Waals surface area contributed by atoms with E-state index in [4.69, 9.17) is 5.26 Å². The molecule has 1 heterocycles. The molecule has 1 aromatic heterocycles. The summed E-state index contributed by atoms with van der Waals surface area (Å²) in [6.45, 7) is 4.15. The van der Waals surface area contributed by atoms with Gasteiger partial charge in [-0.3, -0.25) is 4.79 Å². The van der Waals surface area contributed by atoms with Crippen LogP contribution in [0.1, 0.15) is 19.5 Å². The van der Waals surface area contributed by atoms with Crippen molar-refractivity contribution in [3.8, 4) is 6.07 Å². The molecule has 0 bridgehead atoms. The van der Waals surface area contributed by atoms with Gasteiger partial charge in [0.25, 0.3) is 0 Å². The van der Waals surface area contributed by atoms with E-state index in [0.717, 1.165) is 5.39 Å². The van der Waals surface area contributed by atoms with E-state index in [9.17, 15) is 4.79 Å². The lowest BCUT2D eigenvalue weighted by molar-refractivity contribution is -0.121. The Morgan fingerprint density at radius 3 is 2.85 bits per heavy atom. The zero-order valence-corrected chi connectivity index (χ0v) is 11.3. The standard InChI is InChI=1S/C14H15N5O/c1-3-16-14(20)9(2)17-13-10-6-4-5-7-11(10)18-19-12(13)8-15/h4-7,9H,3H2,1-2H3,(H,16,20)(H,17,18). The highest BCUT2D eigenvalue weighted by Gasteiger charge is 2.16. The second-order valence-corrected chi connectivity index (χ2v) is 4.31. The first-order valence-corrected chi connectivity index (χ1v) is 6.37. The van der Waals surface area contributed by atoms with Crippen LogP contribution in [0.15, 0.2) is 24.3 Å². The van der Waals surface area contributed by atoms with Gasteiger partial charge in [0, 0.05) is 11.9 Å². The predicted molar refractivity (Wildman–Crippen MR) is 76.0 cm³/mol. The van der Waals surface area contributed by atoms with E-state index in [0.29, 0.717) is 17.7 Å². The number of nitrogens with zero attached hydrogens (tertiary/aromatic N) is 3. The van der Waals surface area contributed by atoms with E-state index >= 15 is 0 Å². The number of likely N-dealkylation sites (N-methyl/N-ethyl adjacent to an activating group) is 1. The first-order chi connectivity index (χ1) is 9.67. The van der Waals surface area contributed by atoms with E-state index < -0.39 is 6.04 Å². The summed E-state index contributed by atoms with van der Waals surface area (Å²) in [7, 11) is 0. The minimum Gasteiger partial charge on any atom is -0.371 e. The second kappa shape index (κ2) is 5.97. The van der Waals surface area contributed by atoms with Gasteiger partial charge in [-0.1, -0.05) is 18.2 Å². The van der Waals surface area contributed by atoms with Crippen LogP contribution in [0, 0.1) is 11.3 Å². The highest BCUT2D eigenvalue weighted by atomic mass is 16.2. The number of nitriles is 1. The van der Waals surface area contributed by atoms with Crippen molar-refractivity contribution in [2.24, 2.45) is 0 Å². The van der Waals surface area contributed by atoms with E-state index in [1.165, 1.54) is 0 Å². The molecule has 2 aromatic rings. The molecular weight excluding hydrogens is 254 g/mol. The third kappa shape index (κ3) is 2.67. The molecule has 102 valence electrons. The van der Waals surface area contributed by atoms with Crippen molar-refractivity contribution in [3.05, 3.63) is 30.0 Å². The average Bonchev–Trinajstić information content (AvgIpc) is 2.47. The summed E-state index contributed by atoms with van der Waals surface area (Å²) in [5.74, 6) is -0.128. The molecule has 0 saturated carbocycles. The lowest BCUT2D eigenvalue weighted by atomic mass is 10.1. The molecule has 1 atom stereocenters. The topological polar surface area (TPSA) is 90.7 Å². The van der Waals surface area contributed by atoms with Gasteiger partial charge < -0.3 is 10.6 Å². The summed E-state index contributed by atoms with van der Waals surface area (Å²) in [5.41, 5.74) is 1.40. The second-order valence-electron chi connectivity index (χ2n) is 4.31. The molecule has 0 aliphatic heterocycles. The fraction of sp³-hybridized carbons (Fsp3) is 0.286. The molecule has 0 fully saturated rings. The van der Waals surface area contributed by atoms with E-state index in [2.05, 4.69) is 20.8 Å². The van der Waals surface area contributed by atoms with Crippen molar-refractivity contribution in [2.75, 3.05) is 11.9 Å². The minimum atomic E-state index is -0.463. The molecule has 2 N–H and O–H groups in total. The lowest BCUT2D eigenvalue weighted by Gasteiger charge is -2.16. The number of nitrogens with one attached hydrogen (secondary N) is 2. The maximum atomic E-state index is 11.8. The maximum Gasteiger partial charge on any atom is 0.242 e. The fourth-order valence-electron chi connectivity index (χ4n) is 1.89. The number of anilines is 1. The smallest absolute Gasteiger partial charge is 0.242 e. The molecule has 2 rings (SSSR count). The Bertz CT molecular complexity index is 677. The van der Waals surface area contributed by atoms with Gasteiger partial charge in [0.2, 0.25) is 5.91 Å². The van der Waals surface area contributed by atoms with Gasteiger partial charge in [0.15, 0.2) is 5.69 Å². The summed E-state index contributed by atoms with van der Waals surface area (Å²) in [5, 5.41) is 23.6. The van der Waals surface area contributed by atoms with Crippen LogP contribution in [-0.4, -0.2) is 28.7 Å². The van der Waals surface area contributed by atoms with Crippen LogP contribution in [0.4, 0.5) is 5.69 Å². The van der Waals surface area contributed by atoms with Crippen LogP contribution < -0.4 is 10.6 Å². The predicted octanol–water partition coefficient (Wildman–Crippen LogP) is 1.44. The van der Waals surface area contributed by atoms with Crippen LogP contribution in [0.2, 0.25) is 0 Å². The van der Waals surface area contributed by atoms with E-state index in [1.807, 2.05) is 37.3 Å². The van der Waals surface area contributed by atoms with Crippen molar-refractivity contribution in [2.45, 2.75) is 19.9 Å². The lowest BCUT2D eigenvalue weighted by Crippen LogP contribution is -2.37. The molecule has 0 aliphatic carbocycles. The first-order valence-electron chi connectivity index (χ1n) is 6.37. The number of carbonyl (C=O) groups excluding carboxylic acids is 1. The van der Waals surface area contributed by atoms with Crippen LogP contribution in [-0.2, 0) is 4.79 Å². The number of amides is 1. The largest absolute Gasteiger partial charge is 0.371 e. The monoisotopic (exact) mass is 269 g/mol. The SMILES string of the molecule is CCNC(=O)C(C)Nc1c(C#N)nnc2ccccc12. The third-order valence-electron chi connectivity index (χ3n) is 2.88. The molecule has 0 aliphatic rings. The van der Waals surface area contributed by atoms with Crippen LogP contribution in [0.5, 0.6) is 0 Å². The van der Waals surface area contributed by atoms with Crippen molar-refractivity contribution in [1.82, 2.24) is 15.5 Å². The van der Waals surface area contributed by atoms with Gasteiger partial charge in [-0.05, 0) is 19.9 Å². The summed E-state index contributed by atoms with van der Waals surface area (Å²) in [4.78, 5) is 11.8. The van der Waals surface area contributed by atoms with Gasteiger partial charge in [0.05, 0.1) is 11.2 Å². The summed E-state index contributed by atoms with van der Waals surface area (Å²) in [6, 6.07) is 8.89.